The van der Waals surface area contributed by atoms with Crippen LogP contribution < -0.4 is 5.32 Å². The summed E-state index contributed by atoms with van der Waals surface area (Å²) in [6, 6.07) is -0.245. The number of nitrogens with one attached hydrogen (secondary N) is 2. The molecule has 2 N–H and O–H groups in total. The Morgan fingerprint density at radius 3 is 3.43 bits per heavy atom. The van der Waals surface area contributed by atoms with E-state index in [1.165, 1.54) is 0 Å². The maximum Gasteiger partial charge on any atom is 0.323 e. The monoisotopic (exact) mass is 195 g/mol. The molecule has 0 spiro atoms. The highest BCUT2D eigenvalue weighted by Crippen LogP contribution is 2.12. The van der Waals surface area contributed by atoms with Crippen molar-refractivity contribution in [1.29, 1.82) is 0 Å². The Morgan fingerprint density at radius 1 is 1.79 bits per heavy atom. The van der Waals surface area contributed by atoms with E-state index < -0.39 is 0 Å². The molecule has 14 heavy (non-hydrogen) atoms. The zero-order valence-corrected chi connectivity index (χ0v) is 8.04. The lowest BCUT2D eigenvalue weighted by molar-refractivity contribution is -0.145. The molecule has 0 saturated heterocycles. The van der Waals surface area contributed by atoms with Crippen LogP contribution in [0.1, 0.15) is 18.3 Å². The van der Waals surface area contributed by atoms with Gasteiger partial charge in [-0.2, -0.15) is 0 Å². The number of rotatable bonds is 2. The van der Waals surface area contributed by atoms with Gasteiger partial charge >= 0.3 is 5.97 Å². The number of hydrogen-bond acceptors (Lipinski definition) is 4. The minimum absolute atomic E-state index is 0.193. The van der Waals surface area contributed by atoms with Gasteiger partial charge in [-0.3, -0.25) is 10.1 Å². The van der Waals surface area contributed by atoms with Crippen molar-refractivity contribution in [2.24, 2.45) is 0 Å². The van der Waals surface area contributed by atoms with Gasteiger partial charge in [0.15, 0.2) is 0 Å². The lowest BCUT2D eigenvalue weighted by atomic mass is 10.1. The van der Waals surface area contributed by atoms with Gasteiger partial charge in [-0.15, -0.1) is 0 Å². The highest BCUT2D eigenvalue weighted by molar-refractivity contribution is 5.76. The number of esters is 1. The number of hydrogen-bond donors (Lipinski definition) is 2. The third-order valence-electron chi connectivity index (χ3n) is 2.30. The van der Waals surface area contributed by atoms with E-state index in [-0.39, 0.29) is 12.0 Å². The first-order chi connectivity index (χ1) is 6.81. The number of nitrogens with zero attached hydrogens (tertiary/aromatic N) is 1. The van der Waals surface area contributed by atoms with E-state index in [2.05, 4.69) is 15.3 Å². The zero-order valence-electron chi connectivity index (χ0n) is 8.04. The van der Waals surface area contributed by atoms with Crippen molar-refractivity contribution in [3.8, 4) is 0 Å². The summed E-state index contributed by atoms with van der Waals surface area (Å²) in [5.74, 6) is -0.193. The Bertz CT molecular complexity index is 335. The molecular weight excluding hydrogens is 182 g/mol. The molecule has 5 nitrogen and oxygen atoms in total. The molecule has 0 saturated carbocycles. The lowest BCUT2D eigenvalue weighted by Gasteiger charge is -2.20. The smallest absolute Gasteiger partial charge is 0.323 e. The van der Waals surface area contributed by atoms with Crippen LogP contribution in [-0.2, 0) is 22.5 Å². The van der Waals surface area contributed by atoms with Gasteiger partial charge in [-0.25, -0.2) is 4.98 Å². The molecule has 0 amide bonds. The van der Waals surface area contributed by atoms with Crippen molar-refractivity contribution in [1.82, 2.24) is 15.3 Å². The predicted octanol–water partition coefficient (Wildman–Crippen LogP) is -0.0129. The summed E-state index contributed by atoms with van der Waals surface area (Å²) in [6.45, 7) is 2.88. The Balaban J connectivity index is 2.04. The summed E-state index contributed by atoms with van der Waals surface area (Å²) in [6.07, 6.45) is 2.26. The zero-order chi connectivity index (χ0) is 9.97. The molecule has 1 aromatic rings. The van der Waals surface area contributed by atoms with Crippen molar-refractivity contribution >= 4 is 5.97 Å². The number of imidazole rings is 1. The van der Waals surface area contributed by atoms with Crippen LogP contribution in [0.2, 0.25) is 0 Å². The molecule has 1 unspecified atom stereocenters. The van der Waals surface area contributed by atoms with E-state index in [9.17, 15) is 4.79 Å². The molecule has 5 heteroatoms. The Kier molecular flexibility index (Phi) is 2.49. The van der Waals surface area contributed by atoms with Gasteiger partial charge in [-0.1, -0.05) is 0 Å². The third kappa shape index (κ3) is 1.63. The molecule has 2 rings (SSSR count). The third-order valence-corrected chi connectivity index (χ3v) is 2.30. The van der Waals surface area contributed by atoms with E-state index in [0.717, 1.165) is 11.4 Å². The summed E-state index contributed by atoms with van der Waals surface area (Å²) in [5.41, 5.74) is 2.02. The van der Waals surface area contributed by atoms with Gasteiger partial charge in [0.25, 0.3) is 0 Å². The fraction of sp³-hybridized carbons (Fsp3) is 0.556. The van der Waals surface area contributed by atoms with Gasteiger partial charge in [-0.05, 0) is 6.92 Å². The minimum atomic E-state index is -0.245. The van der Waals surface area contributed by atoms with E-state index in [1.54, 1.807) is 13.3 Å². The van der Waals surface area contributed by atoms with E-state index in [1.807, 2.05) is 0 Å². The minimum Gasteiger partial charge on any atom is -0.465 e. The molecule has 0 aromatic carbocycles. The Hall–Kier alpha value is -1.36. The van der Waals surface area contributed by atoms with Crippen LogP contribution in [0.4, 0.5) is 0 Å². The fourth-order valence-electron chi connectivity index (χ4n) is 1.58. The van der Waals surface area contributed by atoms with Crippen LogP contribution in [0.25, 0.3) is 0 Å². The van der Waals surface area contributed by atoms with E-state index in [4.69, 9.17) is 4.74 Å². The Morgan fingerprint density at radius 2 is 2.64 bits per heavy atom. The molecule has 1 aliphatic rings. The number of aromatic nitrogens is 2. The average molecular weight is 195 g/mol. The van der Waals surface area contributed by atoms with Crippen molar-refractivity contribution < 1.29 is 9.53 Å². The highest BCUT2D eigenvalue weighted by Gasteiger charge is 2.26. The molecule has 2 heterocycles. The number of carbonyl (C=O) groups excluding carboxylic acids is 1. The second kappa shape index (κ2) is 3.79. The quantitative estimate of drug-likeness (QED) is 0.651. The van der Waals surface area contributed by atoms with Crippen LogP contribution >= 0.6 is 0 Å². The largest absolute Gasteiger partial charge is 0.465 e. The summed E-state index contributed by atoms with van der Waals surface area (Å²) in [7, 11) is 0. The van der Waals surface area contributed by atoms with Crippen molar-refractivity contribution in [3.05, 3.63) is 17.7 Å². The molecule has 0 radical (unpaired) electrons. The van der Waals surface area contributed by atoms with Crippen LogP contribution in [0.5, 0.6) is 0 Å². The number of ether oxygens (including phenoxy) is 1. The highest BCUT2D eigenvalue weighted by atomic mass is 16.5. The summed E-state index contributed by atoms with van der Waals surface area (Å²) in [5, 5.41) is 3.10. The molecule has 1 atom stereocenters. The molecule has 0 aliphatic carbocycles. The molecule has 76 valence electrons. The van der Waals surface area contributed by atoms with Crippen molar-refractivity contribution in [2.75, 3.05) is 6.61 Å². The summed E-state index contributed by atoms with van der Waals surface area (Å²) < 4.78 is 4.93. The van der Waals surface area contributed by atoms with Crippen LogP contribution in [0.15, 0.2) is 6.33 Å². The summed E-state index contributed by atoms with van der Waals surface area (Å²) in [4.78, 5) is 18.6. The standard InChI is InChI=1S/C9H13N3O2/c1-2-14-9(13)7-3-6-8(4-10-7)12-5-11-6/h5,7,10H,2-4H2,1H3,(H,11,12). The molecule has 1 aliphatic heterocycles. The second-order valence-corrected chi connectivity index (χ2v) is 3.22. The van der Waals surface area contributed by atoms with E-state index >= 15 is 0 Å². The van der Waals surface area contributed by atoms with Crippen molar-refractivity contribution in [2.45, 2.75) is 25.9 Å². The van der Waals surface area contributed by atoms with Crippen molar-refractivity contribution in [3.63, 3.8) is 0 Å². The van der Waals surface area contributed by atoms with E-state index in [0.29, 0.717) is 19.6 Å². The first-order valence-corrected chi connectivity index (χ1v) is 4.72. The first kappa shape index (κ1) is 9.21. The average Bonchev–Trinajstić information content (AvgIpc) is 2.64. The number of aromatic amines is 1. The maximum absolute atomic E-state index is 11.4. The number of fused-ring (bicyclic) bond motifs is 1. The SMILES string of the molecule is CCOC(=O)C1Cc2nc[nH]c2CN1. The number of H-pyrrole nitrogens is 1. The van der Waals surface area contributed by atoms with Crippen LogP contribution in [0.3, 0.4) is 0 Å². The van der Waals surface area contributed by atoms with Gasteiger partial charge in [0.2, 0.25) is 0 Å². The molecule has 1 aromatic heterocycles. The number of carbonyl (C=O) groups is 1. The topological polar surface area (TPSA) is 67.0 Å². The molecular formula is C9H13N3O2. The predicted molar refractivity (Wildman–Crippen MR) is 49.6 cm³/mol. The second-order valence-electron chi connectivity index (χ2n) is 3.22. The normalized spacial score (nSPS) is 20.2. The van der Waals surface area contributed by atoms with Crippen LogP contribution in [0, 0.1) is 0 Å². The maximum atomic E-state index is 11.4. The fourth-order valence-corrected chi connectivity index (χ4v) is 1.58. The van der Waals surface area contributed by atoms with Crippen LogP contribution in [-0.4, -0.2) is 28.6 Å². The summed E-state index contributed by atoms with van der Waals surface area (Å²) >= 11 is 0. The molecule has 0 bridgehead atoms. The first-order valence-electron chi connectivity index (χ1n) is 4.72. The van der Waals surface area contributed by atoms with Gasteiger partial charge < -0.3 is 9.72 Å². The lowest BCUT2D eigenvalue weighted by Crippen LogP contribution is -2.42. The van der Waals surface area contributed by atoms with Gasteiger partial charge in [0.1, 0.15) is 6.04 Å². The Labute approximate surface area is 81.9 Å². The van der Waals surface area contributed by atoms with Gasteiger partial charge in [0, 0.05) is 13.0 Å². The van der Waals surface area contributed by atoms with Gasteiger partial charge in [0.05, 0.1) is 24.3 Å². The molecule has 0 fully saturated rings.